The first-order valence-corrected chi connectivity index (χ1v) is 8.57. The van der Waals surface area contributed by atoms with Crippen LogP contribution < -0.4 is 14.8 Å². The summed E-state index contributed by atoms with van der Waals surface area (Å²) >= 11 is 0. The van der Waals surface area contributed by atoms with E-state index in [0.717, 1.165) is 6.07 Å². The van der Waals surface area contributed by atoms with Crippen molar-refractivity contribution < 1.29 is 28.2 Å². The molecule has 1 N–H and O–H groups in total. The minimum Gasteiger partial charge on any atom is -0.490 e. The minimum atomic E-state index is -0.772. The van der Waals surface area contributed by atoms with Gasteiger partial charge >= 0.3 is 5.97 Å². The Bertz CT molecular complexity index is 822. The van der Waals surface area contributed by atoms with E-state index in [1.54, 1.807) is 25.1 Å². The van der Waals surface area contributed by atoms with Gasteiger partial charge in [0.25, 0.3) is 5.91 Å². The highest BCUT2D eigenvalue weighted by molar-refractivity contribution is 5.95. The SMILES string of the molecule is CCOc1ccc(NC(=O)COC(=O)c2ccc(C)c(F)c2)cc1OCC. The number of rotatable bonds is 8. The Balaban J connectivity index is 1.95. The Morgan fingerprint density at radius 1 is 1.00 bits per heavy atom. The van der Waals surface area contributed by atoms with Crippen molar-refractivity contribution in [2.75, 3.05) is 25.1 Å². The van der Waals surface area contributed by atoms with Crippen molar-refractivity contribution in [3.63, 3.8) is 0 Å². The maximum absolute atomic E-state index is 13.5. The van der Waals surface area contributed by atoms with Gasteiger partial charge in [-0.3, -0.25) is 4.79 Å². The van der Waals surface area contributed by atoms with Gasteiger partial charge < -0.3 is 19.5 Å². The monoisotopic (exact) mass is 375 g/mol. The second kappa shape index (κ2) is 9.56. The second-order valence-electron chi connectivity index (χ2n) is 5.62. The summed E-state index contributed by atoms with van der Waals surface area (Å²) < 4.78 is 29.4. The topological polar surface area (TPSA) is 73.9 Å². The number of halogens is 1. The van der Waals surface area contributed by atoms with Crippen molar-refractivity contribution in [3.8, 4) is 11.5 Å². The van der Waals surface area contributed by atoms with E-state index in [1.807, 2.05) is 13.8 Å². The van der Waals surface area contributed by atoms with Crippen LogP contribution in [0.4, 0.5) is 10.1 Å². The van der Waals surface area contributed by atoms with Crippen molar-refractivity contribution >= 4 is 17.6 Å². The molecule has 27 heavy (non-hydrogen) atoms. The number of hydrogen-bond donors (Lipinski definition) is 1. The van der Waals surface area contributed by atoms with Crippen molar-refractivity contribution in [1.29, 1.82) is 0 Å². The molecule has 0 bridgehead atoms. The first-order chi connectivity index (χ1) is 12.9. The fraction of sp³-hybridized carbons (Fsp3) is 0.300. The van der Waals surface area contributed by atoms with Gasteiger partial charge in [-0.05, 0) is 50.6 Å². The summed E-state index contributed by atoms with van der Waals surface area (Å²) in [5.41, 5.74) is 0.944. The molecule has 0 unspecified atom stereocenters. The summed E-state index contributed by atoms with van der Waals surface area (Å²) in [5.74, 6) is -0.727. The lowest BCUT2D eigenvalue weighted by molar-refractivity contribution is -0.119. The van der Waals surface area contributed by atoms with Crippen molar-refractivity contribution in [2.45, 2.75) is 20.8 Å². The zero-order chi connectivity index (χ0) is 19.8. The first-order valence-electron chi connectivity index (χ1n) is 8.57. The summed E-state index contributed by atoms with van der Waals surface area (Å²) in [5, 5.41) is 2.61. The van der Waals surface area contributed by atoms with Crippen LogP contribution in [0.3, 0.4) is 0 Å². The molecule has 0 aromatic heterocycles. The number of esters is 1. The molecule has 0 radical (unpaired) electrons. The Morgan fingerprint density at radius 2 is 1.70 bits per heavy atom. The highest BCUT2D eigenvalue weighted by Crippen LogP contribution is 2.30. The Morgan fingerprint density at radius 3 is 2.37 bits per heavy atom. The number of hydrogen-bond acceptors (Lipinski definition) is 5. The molecule has 0 aliphatic heterocycles. The second-order valence-corrected chi connectivity index (χ2v) is 5.62. The van der Waals surface area contributed by atoms with Crippen molar-refractivity contribution in [3.05, 3.63) is 53.3 Å². The van der Waals surface area contributed by atoms with E-state index in [1.165, 1.54) is 12.1 Å². The predicted molar refractivity (Wildman–Crippen MR) is 98.8 cm³/mol. The molecule has 2 aromatic carbocycles. The molecular formula is C20H22FNO5. The number of anilines is 1. The van der Waals surface area contributed by atoms with Gasteiger partial charge in [-0.2, -0.15) is 0 Å². The molecule has 7 heteroatoms. The number of ether oxygens (including phenoxy) is 3. The summed E-state index contributed by atoms with van der Waals surface area (Å²) in [4.78, 5) is 23.9. The molecule has 0 aliphatic rings. The van der Waals surface area contributed by atoms with Crippen molar-refractivity contribution in [2.24, 2.45) is 0 Å². The molecule has 2 rings (SSSR count). The normalized spacial score (nSPS) is 10.2. The van der Waals surface area contributed by atoms with Crippen LogP contribution in [-0.2, 0) is 9.53 Å². The Labute approximate surface area is 157 Å². The number of amides is 1. The number of aryl methyl sites for hydroxylation is 1. The zero-order valence-electron chi connectivity index (χ0n) is 15.5. The van der Waals surface area contributed by atoms with E-state index in [2.05, 4.69) is 5.32 Å². The van der Waals surface area contributed by atoms with Crippen LogP contribution in [0, 0.1) is 12.7 Å². The smallest absolute Gasteiger partial charge is 0.338 e. The largest absolute Gasteiger partial charge is 0.490 e. The van der Waals surface area contributed by atoms with E-state index in [-0.39, 0.29) is 5.56 Å². The number of nitrogens with one attached hydrogen (secondary N) is 1. The lowest BCUT2D eigenvalue weighted by atomic mass is 10.1. The predicted octanol–water partition coefficient (Wildman–Crippen LogP) is 3.73. The van der Waals surface area contributed by atoms with Crippen LogP contribution in [0.5, 0.6) is 11.5 Å². The van der Waals surface area contributed by atoms with Gasteiger partial charge in [-0.15, -0.1) is 0 Å². The number of carbonyl (C=O) groups is 2. The van der Waals surface area contributed by atoms with Gasteiger partial charge in [0, 0.05) is 11.8 Å². The fourth-order valence-corrected chi connectivity index (χ4v) is 2.26. The van der Waals surface area contributed by atoms with Gasteiger partial charge in [0.05, 0.1) is 18.8 Å². The molecule has 0 heterocycles. The Hall–Kier alpha value is -3.09. The number of benzene rings is 2. The highest BCUT2D eigenvalue weighted by atomic mass is 19.1. The maximum Gasteiger partial charge on any atom is 0.338 e. The van der Waals surface area contributed by atoms with Crippen LogP contribution in [0.15, 0.2) is 36.4 Å². The summed E-state index contributed by atoms with van der Waals surface area (Å²) in [6.07, 6.45) is 0. The molecule has 0 fully saturated rings. The summed E-state index contributed by atoms with van der Waals surface area (Å²) in [6.45, 7) is 5.73. The van der Waals surface area contributed by atoms with Gasteiger partial charge in [0.15, 0.2) is 18.1 Å². The quantitative estimate of drug-likeness (QED) is 0.712. The van der Waals surface area contributed by atoms with Crippen LogP contribution >= 0.6 is 0 Å². The highest BCUT2D eigenvalue weighted by Gasteiger charge is 2.13. The molecule has 0 spiro atoms. The van der Waals surface area contributed by atoms with Crippen LogP contribution in [0.1, 0.15) is 29.8 Å². The molecule has 0 aliphatic carbocycles. The van der Waals surface area contributed by atoms with Gasteiger partial charge in [0.1, 0.15) is 5.82 Å². The molecule has 0 saturated carbocycles. The average molecular weight is 375 g/mol. The lowest BCUT2D eigenvalue weighted by Crippen LogP contribution is -2.21. The van der Waals surface area contributed by atoms with Crippen LogP contribution in [-0.4, -0.2) is 31.7 Å². The van der Waals surface area contributed by atoms with Gasteiger partial charge in [0.2, 0.25) is 0 Å². The lowest BCUT2D eigenvalue weighted by Gasteiger charge is -2.13. The van der Waals surface area contributed by atoms with Gasteiger partial charge in [-0.25, -0.2) is 9.18 Å². The Kier molecular flexibility index (Phi) is 7.16. The number of carbonyl (C=O) groups excluding carboxylic acids is 2. The van der Waals surface area contributed by atoms with Crippen molar-refractivity contribution in [1.82, 2.24) is 0 Å². The van der Waals surface area contributed by atoms with Crippen LogP contribution in [0.2, 0.25) is 0 Å². The van der Waals surface area contributed by atoms with E-state index >= 15 is 0 Å². The minimum absolute atomic E-state index is 0.0469. The zero-order valence-corrected chi connectivity index (χ0v) is 15.5. The van der Waals surface area contributed by atoms with E-state index < -0.39 is 24.3 Å². The van der Waals surface area contributed by atoms with E-state index in [0.29, 0.717) is 36.0 Å². The average Bonchev–Trinajstić information content (AvgIpc) is 2.64. The molecule has 6 nitrogen and oxygen atoms in total. The molecular weight excluding hydrogens is 353 g/mol. The first kappa shape index (κ1) is 20.2. The maximum atomic E-state index is 13.5. The van der Waals surface area contributed by atoms with E-state index in [4.69, 9.17) is 14.2 Å². The standard InChI is InChI=1S/C20H22FNO5/c1-4-25-17-9-8-15(11-18(17)26-5-2)22-19(23)12-27-20(24)14-7-6-13(3)16(21)10-14/h6-11H,4-5,12H2,1-3H3,(H,22,23). The molecule has 144 valence electrons. The van der Waals surface area contributed by atoms with E-state index in [9.17, 15) is 14.0 Å². The fourth-order valence-electron chi connectivity index (χ4n) is 2.26. The third kappa shape index (κ3) is 5.70. The summed E-state index contributed by atoms with van der Waals surface area (Å²) in [7, 11) is 0. The van der Waals surface area contributed by atoms with Gasteiger partial charge in [-0.1, -0.05) is 6.07 Å². The molecule has 1 amide bonds. The molecule has 0 atom stereocenters. The summed E-state index contributed by atoms with van der Waals surface area (Å²) in [6, 6.07) is 8.97. The third-order valence-electron chi connectivity index (χ3n) is 3.57. The third-order valence-corrected chi connectivity index (χ3v) is 3.57. The molecule has 0 saturated heterocycles. The molecule has 2 aromatic rings. The van der Waals surface area contributed by atoms with Crippen LogP contribution in [0.25, 0.3) is 0 Å².